The first kappa shape index (κ1) is 14.7. The zero-order chi connectivity index (χ0) is 16.4. The average molecular weight is 310 g/mol. The monoisotopic (exact) mass is 310 g/mol. The largest absolute Gasteiger partial charge is 0.481 e. The molecule has 3 heterocycles. The molecule has 0 bridgehead atoms. The minimum atomic E-state index is -1.06. The predicted molar refractivity (Wildman–Crippen MR) is 85.1 cm³/mol. The first-order valence-corrected chi connectivity index (χ1v) is 6.96. The Bertz CT molecular complexity index is 969. The molecule has 0 aromatic carbocycles. The molecule has 0 aliphatic heterocycles. The number of aromatic nitrogens is 4. The quantitative estimate of drug-likeness (QED) is 0.761. The lowest BCUT2D eigenvalue weighted by Gasteiger charge is -2.02. The van der Waals surface area contributed by atoms with Crippen molar-refractivity contribution in [2.45, 2.75) is 13.3 Å². The highest BCUT2D eigenvalue weighted by molar-refractivity contribution is 5.76. The maximum absolute atomic E-state index is 12.0. The molecule has 0 aliphatic carbocycles. The maximum atomic E-state index is 12.0. The van der Waals surface area contributed by atoms with Crippen LogP contribution in [0.4, 0.5) is 0 Å². The average Bonchev–Trinajstić information content (AvgIpc) is 2.92. The number of carboxylic acid groups (broad SMARTS) is 1. The number of aliphatic carboxylic acids is 1. The van der Waals surface area contributed by atoms with E-state index in [0.717, 1.165) is 11.1 Å². The van der Waals surface area contributed by atoms with E-state index in [-0.39, 0.29) is 12.0 Å². The third-order valence-corrected chi connectivity index (χ3v) is 3.45. The van der Waals surface area contributed by atoms with Crippen LogP contribution < -0.4 is 5.56 Å². The van der Waals surface area contributed by atoms with Crippen LogP contribution in [-0.4, -0.2) is 30.7 Å². The summed E-state index contributed by atoms with van der Waals surface area (Å²) in [6.45, 7) is 1.63. The second-order valence-corrected chi connectivity index (χ2v) is 5.05. The number of H-pyrrole nitrogens is 1. The summed E-state index contributed by atoms with van der Waals surface area (Å²) in [5.74, 6) is -0.688. The lowest BCUT2D eigenvalue weighted by molar-refractivity contribution is -0.136. The molecule has 0 fully saturated rings. The number of pyridine rings is 1. The van der Waals surface area contributed by atoms with Crippen molar-refractivity contribution in [1.29, 1.82) is 0 Å². The van der Waals surface area contributed by atoms with Gasteiger partial charge in [-0.15, -0.1) is 0 Å². The van der Waals surface area contributed by atoms with Gasteiger partial charge in [-0.2, -0.15) is 5.10 Å². The van der Waals surface area contributed by atoms with Crippen molar-refractivity contribution in [1.82, 2.24) is 19.6 Å². The van der Waals surface area contributed by atoms with Gasteiger partial charge in [0.25, 0.3) is 5.56 Å². The smallest absolute Gasteiger partial charge is 0.308 e. The van der Waals surface area contributed by atoms with Crippen molar-refractivity contribution in [2.75, 3.05) is 0 Å². The third-order valence-electron chi connectivity index (χ3n) is 3.45. The fraction of sp³-hybridized carbons (Fsp3) is 0.125. The van der Waals surface area contributed by atoms with Gasteiger partial charge in [0.05, 0.1) is 18.1 Å². The Balaban J connectivity index is 1.94. The van der Waals surface area contributed by atoms with E-state index in [2.05, 4.69) is 15.1 Å². The number of aromatic amines is 1. The zero-order valence-electron chi connectivity index (χ0n) is 12.4. The van der Waals surface area contributed by atoms with E-state index in [1.165, 1.54) is 0 Å². The van der Waals surface area contributed by atoms with Gasteiger partial charge in [-0.25, -0.2) is 9.50 Å². The van der Waals surface area contributed by atoms with Crippen LogP contribution >= 0.6 is 0 Å². The van der Waals surface area contributed by atoms with Crippen molar-refractivity contribution >= 4 is 23.6 Å². The van der Waals surface area contributed by atoms with Gasteiger partial charge in [0.15, 0.2) is 0 Å². The topological polar surface area (TPSA) is 100 Å². The van der Waals surface area contributed by atoms with Crippen LogP contribution in [-0.2, 0) is 11.2 Å². The lowest BCUT2D eigenvalue weighted by Crippen LogP contribution is -2.20. The zero-order valence-corrected chi connectivity index (χ0v) is 12.4. The van der Waals surface area contributed by atoms with Gasteiger partial charge in [-0.3, -0.25) is 9.59 Å². The summed E-state index contributed by atoms with van der Waals surface area (Å²) in [6, 6.07) is 5.74. The van der Waals surface area contributed by atoms with Crippen molar-refractivity contribution in [3.63, 3.8) is 0 Å². The number of nitrogens with zero attached hydrogens (tertiary/aromatic N) is 3. The summed E-state index contributed by atoms with van der Waals surface area (Å²) < 4.78 is 1.75. The van der Waals surface area contributed by atoms with E-state index in [4.69, 9.17) is 5.11 Å². The van der Waals surface area contributed by atoms with Crippen LogP contribution in [0.15, 0.2) is 35.4 Å². The molecular formula is C16H14N4O3. The van der Waals surface area contributed by atoms with Gasteiger partial charge in [-0.1, -0.05) is 6.07 Å². The number of hydrogen-bond acceptors (Lipinski definition) is 4. The Morgan fingerprint density at radius 2 is 2.22 bits per heavy atom. The molecule has 0 saturated carbocycles. The maximum Gasteiger partial charge on any atom is 0.308 e. The van der Waals surface area contributed by atoms with E-state index in [1.807, 2.05) is 24.4 Å². The molecular weight excluding hydrogens is 296 g/mol. The van der Waals surface area contributed by atoms with Crippen LogP contribution in [0, 0.1) is 6.92 Å². The van der Waals surface area contributed by atoms with Gasteiger partial charge in [0, 0.05) is 23.0 Å². The van der Waals surface area contributed by atoms with Gasteiger partial charge >= 0.3 is 5.97 Å². The van der Waals surface area contributed by atoms with Crippen molar-refractivity contribution < 1.29 is 9.90 Å². The number of carbonyl (C=O) groups is 1. The molecule has 3 rings (SSSR count). The van der Waals surface area contributed by atoms with E-state index in [0.29, 0.717) is 11.5 Å². The molecule has 23 heavy (non-hydrogen) atoms. The first-order valence-electron chi connectivity index (χ1n) is 6.96. The van der Waals surface area contributed by atoms with E-state index in [9.17, 15) is 9.59 Å². The first-order chi connectivity index (χ1) is 11.0. The molecule has 0 saturated heterocycles. The van der Waals surface area contributed by atoms with Crippen LogP contribution in [0.3, 0.4) is 0 Å². The van der Waals surface area contributed by atoms with Crippen molar-refractivity contribution in [2.24, 2.45) is 0 Å². The molecule has 7 nitrogen and oxygen atoms in total. The fourth-order valence-corrected chi connectivity index (χ4v) is 2.32. The second kappa shape index (κ2) is 5.88. The number of hydrogen-bond donors (Lipinski definition) is 2. The molecule has 7 heteroatoms. The normalized spacial score (nSPS) is 11.3. The number of carboxylic acids is 1. The van der Waals surface area contributed by atoms with Crippen LogP contribution in [0.5, 0.6) is 0 Å². The minimum absolute atomic E-state index is 0.172. The number of nitrogens with one attached hydrogen (secondary N) is 1. The van der Waals surface area contributed by atoms with Gasteiger partial charge in [0.2, 0.25) is 0 Å². The molecule has 2 N–H and O–H groups in total. The number of aryl methyl sites for hydroxylation is 1. The van der Waals surface area contributed by atoms with Gasteiger partial charge < -0.3 is 10.1 Å². The molecule has 0 unspecified atom stereocenters. The summed E-state index contributed by atoms with van der Waals surface area (Å²) in [7, 11) is 0. The van der Waals surface area contributed by atoms with Crippen LogP contribution in [0.1, 0.15) is 22.6 Å². The Morgan fingerprint density at radius 1 is 1.39 bits per heavy atom. The SMILES string of the molecule is Cc1nc(/C=C/c2cnn3ccccc23)[nH]c(=O)c1CC(=O)O. The summed E-state index contributed by atoms with van der Waals surface area (Å²) in [6.07, 6.45) is 6.69. The highest BCUT2D eigenvalue weighted by atomic mass is 16.4. The Kier molecular flexibility index (Phi) is 3.76. The highest BCUT2D eigenvalue weighted by Gasteiger charge is 2.10. The predicted octanol–water partition coefficient (Wildman–Crippen LogP) is 1.52. The van der Waals surface area contributed by atoms with E-state index in [1.54, 1.807) is 29.8 Å². The number of rotatable bonds is 4. The fourth-order valence-electron chi connectivity index (χ4n) is 2.32. The van der Waals surface area contributed by atoms with E-state index >= 15 is 0 Å². The molecule has 0 radical (unpaired) electrons. The third kappa shape index (κ3) is 3.03. The van der Waals surface area contributed by atoms with E-state index < -0.39 is 11.5 Å². The number of fused-ring (bicyclic) bond motifs is 1. The summed E-state index contributed by atoms with van der Waals surface area (Å²) in [5.41, 5.74) is 1.98. The summed E-state index contributed by atoms with van der Waals surface area (Å²) in [4.78, 5) is 29.5. The van der Waals surface area contributed by atoms with Crippen LogP contribution in [0.2, 0.25) is 0 Å². The van der Waals surface area contributed by atoms with Crippen molar-refractivity contribution in [3.05, 3.63) is 63.6 Å². The lowest BCUT2D eigenvalue weighted by atomic mass is 10.1. The highest BCUT2D eigenvalue weighted by Crippen LogP contribution is 2.13. The molecule has 0 spiro atoms. The Morgan fingerprint density at radius 3 is 2.96 bits per heavy atom. The standard InChI is InChI=1S/C16H14N4O3/c1-10-12(8-15(21)22)16(23)19-14(18-10)6-5-11-9-17-20-7-3-2-4-13(11)20/h2-7,9H,8H2,1H3,(H,21,22)(H,18,19,23)/b6-5+. The van der Waals surface area contributed by atoms with Gasteiger partial charge in [0.1, 0.15) is 5.82 Å². The molecule has 0 atom stereocenters. The minimum Gasteiger partial charge on any atom is -0.481 e. The Hall–Kier alpha value is -3.22. The van der Waals surface area contributed by atoms with Crippen LogP contribution in [0.25, 0.3) is 17.7 Å². The Labute approximate surface area is 130 Å². The molecule has 116 valence electrons. The van der Waals surface area contributed by atoms with Gasteiger partial charge in [-0.05, 0) is 31.2 Å². The second-order valence-electron chi connectivity index (χ2n) is 5.05. The van der Waals surface area contributed by atoms with Crippen molar-refractivity contribution in [3.8, 4) is 0 Å². The molecule has 0 amide bonds. The summed E-state index contributed by atoms with van der Waals surface area (Å²) >= 11 is 0. The summed E-state index contributed by atoms with van der Waals surface area (Å²) in [5, 5.41) is 13.0. The molecule has 3 aromatic rings. The molecule has 3 aromatic heterocycles. The molecule has 0 aliphatic rings.